The van der Waals surface area contributed by atoms with Gasteiger partial charge >= 0.3 is 0 Å². The van der Waals surface area contributed by atoms with E-state index in [4.69, 9.17) is 15.5 Å². The SMILES string of the molecule is Cn1nccc1CCCC(=O)N1CCC2=C(c3cnc(N)nc3)NC(N3CCOCC3)N=C21. The molecule has 33 heavy (non-hydrogen) atoms. The number of ether oxygens (including phenoxy) is 1. The van der Waals surface area contributed by atoms with E-state index >= 15 is 0 Å². The molecule has 2 aromatic rings. The van der Waals surface area contributed by atoms with Gasteiger partial charge in [0, 0.05) is 68.5 Å². The second kappa shape index (κ2) is 9.28. The van der Waals surface area contributed by atoms with Crippen LogP contribution in [0.1, 0.15) is 30.5 Å². The third-order valence-electron chi connectivity index (χ3n) is 6.33. The lowest BCUT2D eigenvalue weighted by Gasteiger charge is -2.36. The highest BCUT2D eigenvalue weighted by molar-refractivity contribution is 6.14. The molecule has 0 radical (unpaired) electrons. The smallest absolute Gasteiger partial charge is 0.228 e. The molecule has 0 aromatic carbocycles. The van der Waals surface area contributed by atoms with Crippen LogP contribution in [0.3, 0.4) is 0 Å². The number of rotatable bonds is 6. The molecule has 3 aliphatic rings. The fourth-order valence-electron chi connectivity index (χ4n) is 4.52. The van der Waals surface area contributed by atoms with Gasteiger partial charge in [0.15, 0.2) is 6.29 Å². The number of aromatic nitrogens is 4. The number of morpholine rings is 1. The van der Waals surface area contributed by atoms with E-state index in [2.05, 4.69) is 25.3 Å². The Balaban J connectivity index is 1.37. The second-order valence-electron chi connectivity index (χ2n) is 8.40. The number of hydrogen-bond acceptors (Lipinski definition) is 9. The monoisotopic (exact) mass is 451 g/mol. The largest absolute Gasteiger partial charge is 0.379 e. The molecule has 2 saturated heterocycles. The van der Waals surface area contributed by atoms with Crippen molar-refractivity contribution in [3.8, 4) is 0 Å². The third-order valence-corrected chi connectivity index (χ3v) is 6.33. The number of anilines is 1. The second-order valence-corrected chi connectivity index (χ2v) is 8.40. The van der Waals surface area contributed by atoms with Crippen LogP contribution in [0.4, 0.5) is 5.95 Å². The van der Waals surface area contributed by atoms with Crippen LogP contribution in [0, 0.1) is 0 Å². The summed E-state index contributed by atoms with van der Waals surface area (Å²) in [6.07, 6.45) is 7.73. The average Bonchev–Trinajstić information content (AvgIpc) is 3.45. The van der Waals surface area contributed by atoms with Crippen LogP contribution >= 0.6 is 0 Å². The average molecular weight is 452 g/mol. The van der Waals surface area contributed by atoms with Gasteiger partial charge in [-0.25, -0.2) is 15.0 Å². The van der Waals surface area contributed by atoms with Crippen molar-refractivity contribution in [1.82, 2.24) is 34.9 Å². The first kappa shape index (κ1) is 21.5. The summed E-state index contributed by atoms with van der Waals surface area (Å²) in [5.74, 6) is 1.08. The maximum absolute atomic E-state index is 13.2. The number of nitrogen functional groups attached to an aromatic ring is 1. The van der Waals surface area contributed by atoms with E-state index in [1.807, 2.05) is 22.7 Å². The van der Waals surface area contributed by atoms with E-state index < -0.39 is 0 Å². The minimum Gasteiger partial charge on any atom is -0.379 e. The lowest BCUT2D eigenvalue weighted by atomic mass is 10.1. The molecule has 174 valence electrons. The number of nitrogens with zero attached hydrogens (tertiary/aromatic N) is 7. The fourth-order valence-corrected chi connectivity index (χ4v) is 4.52. The van der Waals surface area contributed by atoms with E-state index in [0.717, 1.165) is 60.7 Å². The van der Waals surface area contributed by atoms with Crippen molar-refractivity contribution in [2.24, 2.45) is 12.0 Å². The van der Waals surface area contributed by atoms with Crippen LogP contribution in [-0.4, -0.2) is 80.4 Å². The normalized spacial score (nSPS) is 21.1. The molecule has 1 unspecified atom stereocenters. The molecule has 2 fully saturated rings. The summed E-state index contributed by atoms with van der Waals surface area (Å²) >= 11 is 0. The highest BCUT2D eigenvalue weighted by atomic mass is 16.5. The molecule has 0 aliphatic carbocycles. The molecule has 1 amide bonds. The zero-order valence-corrected chi connectivity index (χ0v) is 18.8. The van der Waals surface area contributed by atoms with Crippen LogP contribution in [0.5, 0.6) is 0 Å². The number of nitrogens with two attached hydrogens (primary N) is 1. The summed E-state index contributed by atoms with van der Waals surface area (Å²) in [6.45, 7) is 3.49. The minimum atomic E-state index is -0.275. The first-order valence-corrected chi connectivity index (χ1v) is 11.3. The van der Waals surface area contributed by atoms with E-state index in [1.54, 1.807) is 18.6 Å². The Morgan fingerprint density at radius 1 is 1.24 bits per heavy atom. The minimum absolute atomic E-state index is 0.0986. The number of amides is 1. The van der Waals surface area contributed by atoms with Crippen LogP contribution < -0.4 is 11.1 Å². The standard InChI is InChI=1S/C22H29N9O2/c1-29-16(5-7-26-29)3-2-4-18(32)31-8-6-17-19(15-13-24-21(23)25-14-15)27-22(28-20(17)31)30-9-11-33-12-10-30/h5,7,13-14,22,27H,2-4,6,8-12H2,1H3,(H2,23,24,25). The van der Waals surface area contributed by atoms with Crippen LogP contribution in [0.25, 0.3) is 5.70 Å². The van der Waals surface area contributed by atoms with Gasteiger partial charge in [-0.1, -0.05) is 0 Å². The highest BCUT2D eigenvalue weighted by Gasteiger charge is 2.37. The molecule has 2 aromatic heterocycles. The quantitative estimate of drug-likeness (QED) is 0.645. The number of hydrogen-bond donors (Lipinski definition) is 2. The number of carbonyl (C=O) groups excluding carboxylic acids is 1. The van der Waals surface area contributed by atoms with Crippen molar-refractivity contribution in [1.29, 1.82) is 0 Å². The topological polar surface area (TPSA) is 127 Å². The van der Waals surface area contributed by atoms with Crippen molar-refractivity contribution in [3.05, 3.63) is 41.5 Å². The molecule has 0 bridgehead atoms. The van der Waals surface area contributed by atoms with E-state index in [9.17, 15) is 4.79 Å². The van der Waals surface area contributed by atoms with Crippen molar-refractivity contribution < 1.29 is 9.53 Å². The predicted octanol–water partition coefficient (Wildman–Crippen LogP) is 0.376. The number of aryl methyl sites for hydroxylation is 2. The Bertz CT molecular complexity index is 1070. The molecule has 3 aliphatic heterocycles. The lowest BCUT2D eigenvalue weighted by molar-refractivity contribution is -0.127. The van der Waals surface area contributed by atoms with Gasteiger partial charge in [-0.15, -0.1) is 0 Å². The van der Waals surface area contributed by atoms with Gasteiger partial charge in [0.25, 0.3) is 0 Å². The first-order chi connectivity index (χ1) is 16.1. The number of nitrogens with one attached hydrogen (secondary N) is 1. The van der Waals surface area contributed by atoms with Crippen molar-refractivity contribution in [2.45, 2.75) is 32.0 Å². The third kappa shape index (κ3) is 4.46. The van der Waals surface area contributed by atoms with Crippen molar-refractivity contribution in [2.75, 3.05) is 38.6 Å². The van der Waals surface area contributed by atoms with E-state index in [-0.39, 0.29) is 18.1 Å². The van der Waals surface area contributed by atoms with E-state index in [0.29, 0.717) is 26.2 Å². The summed E-state index contributed by atoms with van der Waals surface area (Å²) in [5.41, 5.74) is 9.61. The number of likely N-dealkylation sites (tertiary alicyclic amines) is 1. The van der Waals surface area contributed by atoms with Crippen molar-refractivity contribution >= 4 is 23.4 Å². The van der Waals surface area contributed by atoms with Gasteiger partial charge < -0.3 is 15.8 Å². The van der Waals surface area contributed by atoms with E-state index in [1.165, 1.54) is 0 Å². The van der Waals surface area contributed by atoms with Gasteiger partial charge in [-0.05, 0) is 25.3 Å². The van der Waals surface area contributed by atoms with Gasteiger partial charge in [-0.3, -0.25) is 19.3 Å². The molecule has 11 heteroatoms. The Morgan fingerprint density at radius 2 is 2.03 bits per heavy atom. The molecular weight excluding hydrogens is 422 g/mol. The van der Waals surface area contributed by atoms with Gasteiger partial charge in [0.2, 0.25) is 11.9 Å². The summed E-state index contributed by atoms with van der Waals surface area (Å²) in [5, 5.41) is 7.75. The van der Waals surface area contributed by atoms with Crippen LogP contribution in [0.15, 0.2) is 35.2 Å². The lowest BCUT2D eigenvalue weighted by Crippen LogP contribution is -2.52. The maximum atomic E-state index is 13.2. The first-order valence-electron chi connectivity index (χ1n) is 11.3. The maximum Gasteiger partial charge on any atom is 0.228 e. The molecule has 5 rings (SSSR count). The summed E-state index contributed by atoms with van der Waals surface area (Å²) < 4.78 is 7.36. The Labute approximate surface area is 192 Å². The fraction of sp³-hybridized carbons (Fsp3) is 0.500. The predicted molar refractivity (Wildman–Crippen MR) is 123 cm³/mol. The number of aliphatic imine (C=N–C) groups is 1. The van der Waals surface area contributed by atoms with Crippen LogP contribution in [0.2, 0.25) is 0 Å². The van der Waals surface area contributed by atoms with Gasteiger partial charge in [-0.2, -0.15) is 5.10 Å². The van der Waals surface area contributed by atoms with Gasteiger partial charge in [0.1, 0.15) is 5.84 Å². The molecule has 11 nitrogen and oxygen atoms in total. The highest BCUT2D eigenvalue weighted by Crippen LogP contribution is 2.31. The van der Waals surface area contributed by atoms with Gasteiger partial charge in [0.05, 0.1) is 18.9 Å². The number of amidine groups is 1. The summed E-state index contributed by atoms with van der Waals surface area (Å²) in [7, 11) is 1.92. The zero-order valence-electron chi connectivity index (χ0n) is 18.8. The Morgan fingerprint density at radius 3 is 2.76 bits per heavy atom. The molecule has 0 saturated carbocycles. The Kier molecular flexibility index (Phi) is 6.05. The molecule has 5 heterocycles. The molecule has 1 atom stereocenters. The van der Waals surface area contributed by atoms with Crippen molar-refractivity contribution in [3.63, 3.8) is 0 Å². The number of fused-ring (bicyclic) bond motifs is 1. The summed E-state index contributed by atoms with van der Waals surface area (Å²) in [4.78, 5) is 30.6. The molecule has 3 N–H and O–H groups in total. The molecule has 0 spiro atoms. The zero-order chi connectivity index (χ0) is 22.8. The Hall–Kier alpha value is -3.31. The molecular formula is C22H29N9O2. The van der Waals surface area contributed by atoms with Crippen LogP contribution in [-0.2, 0) is 23.0 Å². The summed E-state index contributed by atoms with van der Waals surface area (Å²) in [6, 6.07) is 1.99. The number of carbonyl (C=O) groups is 1.